The molecule has 1 saturated heterocycles. The van der Waals surface area contributed by atoms with E-state index in [9.17, 15) is 14.7 Å². The number of phenolic OH excluding ortho intramolecular Hbond substituents is 1. The zero-order valence-corrected chi connectivity index (χ0v) is 16.4. The Labute approximate surface area is 172 Å². The number of nitrogens with one attached hydrogen (secondary N) is 1. The molecule has 2 N–H and O–H groups in total. The van der Waals surface area contributed by atoms with Crippen molar-refractivity contribution in [1.82, 2.24) is 14.9 Å². The number of aromatic hydroxyl groups is 1. The number of phenols is 1. The van der Waals surface area contributed by atoms with Crippen molar-refractivity contribution in [2.75, 3.05) is 11.4 Å². The van der Waals surface area contributed by atoms with Gasteiger partial charge in [0.05, 0.1) is 17.7 Å². The van der Waals surface area contributed by atoms with Gasteiger partial charge in [0.15, 0.2) is 0 Å². The molecule has 1 fully saturated rings. The van der Waals surface area contributed by atoms with Crippen molar-refractivity contribution in [1.29, 1.82) is 0 Å². The summed E-state index contributed by atoms with van der Waals surface area (Å²) in [6, 6.07) is 10.9. The quantitative estimate of drug-likeness (QED) is 0.692. The summed E-state index contributed by atoms with van der Waals surface area (Å²) in [6.07, 6.45) is 3.91. The van der Waals surface area contributed by atoms with Crippen LogP contribution in [0.5, 0.6) is 5.75 Å². The van der Waals surface area contributed by atoms with Gasteiger partial charge in [-0.15, -0.1) is 0 Å². The molecule has 1 atom stereocenters. The summed E-state index contributed by atoms with van der Waals surface area (Å²) < 4.78 is 1.72. The van der Waals surface area contributed by atoms with E-state index in [0.717, 1.165) is 5.69 Å². The molecule has 0 radical (unpaired) electrons. The van der Waals surface area contributed by atoms with Crippen LogP contribution in [0.25, 0.3) is 5.69 Å². The number of imidazole rings is 1. The fraction of sp³-hybridized carbons (Fsp3) is 0.190. The Morgan fingerprint density at radius 1 is 1.24 bits per heavy atom. The Balaban J connectivity index is 1.48. The minimum atomic E-state index is -0.615. The van der Waals surface area contributed by atoms with Crippen LogP contribution in [0.1, 0.15) is 22.5 Å². The van der Waals surface area contributed by atoms with Gasteiger partial charge in [-0.1, -0.05) is 11.6 Å². The summed E-state index contributed by atoms with van der Waals surface area (Å²) in [7, 11) is 0. The van der Waals surface area contributed by atoms with Crippen LogP contribution in [0.15, 0.2) is 55.0 Å². The third kappa shape index (κ3) is 3.82. The lowest BCUT2D eigenvalue weighted by Crippen LogP contribution is -2.41. The summed E-state index contributed by atoms with van der Waals surface area (Å²) in [5, 5.41) is 13.7. The van der Waals surface area contributed by atoms with Crippen molar-refractivity contribution in [3.63, 3.8) is 0 Å². The summed E-state index contributed by atoms with van der Waals surface area (Å²) in [5.74, 6) is -0.491. The van der Waals surface area contributed by atoms with E-state index in [1.54, 1.807) is 64.5 Å². The highest BCUT2D eigenvalue weighted by molar-refractivity contribution is 6.30. The van der Waals surface area contributed by atoms with Gasteiger partial charge < -0.3 is 19.9 Å². The van der Waals surface area contributed by atoms with E-state index in [0.29, 0.717) is 34.9 Å². The molecule has 2 heterocycles. The molecular formula is C21H19ClN4O3. The van der Waals surface area contributed by atoms with Gasteiger partial charge in [0.25, 0.3) is 5.91 Å². The van der Waals surface area contributed by atoms with Gasteiger partial charge in [-0.3, -0.25) is 9.59 Å². The topological polar surface area (TPSA) is 87.5 Å². The predicted molar refractivity (Wildman–Crippen MR) is 110 cm³/mol. The van der Waals surface area contributed by atoms with Crippen molar-refractivity contribution >= 4 is 29.1 Å². The van der Waals surface area contributed by atoms with E-state index in [1.165, 1.54) is 0 Å². The summed E-state index contributed by atoms with van der Waals surface area (Å²) in [5.41, 5.74) is 2.44. The maximum atomic E-state index is 12.8. The van der Waals surface area contributed by atoms with Crippen molar-refractivity contribution in [3.05, 3.63) is 71.3 Å². The number of carbonyl (C=O) groups excluding carboxylic acids is 2. The lowest BCUT2D eigenvalue weighted by Gasteiger charge is -2.18. The second-order valence-corrected chi connectivity index (χ2v) is 7.34. The summed E-state index contributed by atoms with van der Waals surface area (Å²) in [4.78, 5) is 30.9. The third-order valence-electron chi connectivity index (χ3n) is 4.88. The summed E-state index contributed by atoms with van der Waals surface area (Å²) in [6.45, 7) is 2.32. The first-order valence-corrected chi connectivity index (χ1v) is 9.52. The van der Waals surface area contributed by atoms with Crippen molar-refractivity contribution in [3.8, 4) is 11.4 Å². The monoisotopic (exact) mass is 410 g/mol. The molecule has 29 heavy (non-hydrogen) atoms. The molecule has 148 valence electrons. The van der Waals surface area contributed by atoms with Gasteiger partial charge in [0.2, 0.25) is 5.91 Å². The van der Waals surface area contributed by atoms with Crippen LogP contribution in [0.3, 0.4) is 0 Å². The number of halogens is 1. The standard InChI is InChI=1S/C21H19ClN4O3/c1-13-11-25(12-23-13)18-7-6-16(10-19(18)27)26-9-8-17(21(26)29)24-20(28)14-2-4-15(22)5-3-14/h2-7,10-12,17,27H,8-9H2,1H3,(H,24,28). The molecule has 7 nitrogen and oxygen atoms in total. The molecule has 2 amide bonds. The van der Waals surface area contributed by atoms with Crippen molar-refractivity contribution in [2.24, 2.45) is 0 Å². The number of rotatable bonds is 4. The highest BCUT2D eigenvalue weighted by Gasteiger charge is 2.34. The third-order valence-corrected chi connectivity index (χ3v) is 5.13. The smallest absolute Gasteiger partial charge is 0.251 e. The molecule has 0 aliphatic carbocycles. The van der Waals surface area contributed by atoms with Crippen LogP contribution in [0.4, 0.5) is 5.69 Å². The molecule has 0 spiro atoms. The van der Waals surface area contributed by atoms with Gasteiger partial charge in [-0.2, -0.15) is 0 Å². The zero-order chi connectivity index (χ0) is 20.5. The Hall–Kier alpha value is -3.32. The average molecular weight is 411 g/mol. The maximum absolute atomic E-state index is 12.8. The number of aromatic nitrogens is 2. The second kappa shape index (κ2) is 7.60. The minimum Gasteiger partial charge on any atom is -0.506 e. The van der Waals surface area contributed by atoms with Crippen LogP contribution in [0, 0.1) is 6.92 Å². The minimum absolute atomic E-state index is 0.0429. The van der Waals surface area contributed by atoms with Gasteiger partial charge in [-0.05, 0) is 49.7 Å². The first-order chi connectivity index (χ1) is 13.9. The molecule has 1 aliphatic heterocycles. The average Bonchev–Trinajstić information content (AvgIpc) is 3.28. The van der Waals surface area contributed by atoms with E-state index < -0.39 is 6.04 Å². The molecule has 8 heteroatoms. The molecular weight excluding hydrogens is 392 g/mol. The number of anilines is 1. The number of hydrogen-bond acceptors (Lipinski definition) is 4. The van der Waals surface area contributed by atoms with Gasteiger partial charge in [0.1, 0.15) is 11.8 Å². The van der Waals surface area contributed by atoms with Gasteiger partial charge >= 0.3 is 0 Å². The Bertz CT molecular complexity index is 1080. The molecule has 1 unspecified atom stereocenters. The van der Waals surface area contributed by atoms with Gasteiger partial charge in [-0.25, -0.2) is 4.98 Å². The number of amides is 2. The van der Waals surface area contributed by atoms with Crippen LogP contribution >= 0.6 is 11.6 Å². The molecule has 1 aliphatic rings. The summed E-state index contributed by atoms with van der Waals surface area (Å²) >= 11 is 5.84. The lowest BCUT2D eigenvalue weighted by molar-refractivity contribution is -0.118. The number of aryl methyl sites for hydroxylation is 1. The van der Waals surface area contributed by atoms with E-state index in [1.807, 2.05) is 6.92 Å². The number of hydrogen-bond donors (Lipinski definition) is 2. The fourth-order valence-electron chi connectivity index (χ4n) is 3.36. The molecule has 4 rings (SSSR count). The zero-order valence-electron chi connectivity index (χ0n) is 15.7. The van der Waals surface area contributed by atoms with Crippen LogP contribution in [0.2, 0.25) is 5.02 Å². The fourth-order valence-corrected chi connectivity index (χ4v) is 3.49. The molecule has 3 aromatic rings. The molecule has 1 aromatic heterocycles. The Kier molecular flexibility index (Phi) is 4.98. The maximum Gasteiger partial charge on any atom is 0.251 e. The van der Waals surface area contributed by atoms with Crippen LogP contribution in [-0.2, 0) is 4.79 Å². The molecule has 2 aromatic carbocycles. The second-order valence-electron chi connectivity index (χ2n) is 6.91. The van der Waals surface area contributed by atoms with Crippen LogP contribution in [-0.4, -0.2) is 39.1 Å². The number of carbonyl (C=O) groups is 2. The largest absolute Gasteiger partial charge is 0.506 e. The van der Waals surface area contributed by atoms with Crippen molar-refractivity contribution < 1.29 is 14.7 Å². The Morgan fingerprint density at radius 3 is 2.66 bits per heavy atom. The lowest BCUT2D eigenvalue weighted by atomic mass is 10.2. The first-order valence-electron chi connectivity index (χ1n) is 9.14. The Morgan fingerprint density at radius 2 is 2.00 bits per heavy atom. The van der Waals surface area contributed by atoms with E-state index in [-0.39, 0.29) is 17.6 Å². The van der Waals surface area contributed by atoms with Crippen molar-refractivity contribution in [2.45, 2.75) is 19.4 Å². The molecule has 0 saturated carbocycles. The highest BCUT2D eigenvalue weighted by atomic mass is 35.5. The van der Waals surface area contributed by atoms with E-state index in [2.05, 4.69) is 10.3 Å². The first kappa shape index (κ1) is 19.0. The van der Waals surface area contributed by atoms with E-state index in [4.69, 9.17) is 11.6 Å². The molecule has 0 bridgehead atoms. The van der Waals surface area contributed by atoms with Gasteiger partial charge in [0, 0.05) is 35.1 Å². The number of benzene rings is 2. The van der Waals surface area contributed by atoms with E-state index >= 15 is 0 Å². The number of nitrogens with zero attached hydrogens (tertiary/aromatic N) is 3. The normalized spacial score (nSPS) is 16.3. The predicted octanol–water partition coefficient (Wildman–Crippen LogP) is 3.08. The SMILES string of the molecule is Cc1cn(-c2ccc(N3CCC(NC(=O)c4ccc(Cl)cc4)C3=O)cc2O)cn1. The highest BCUT2D eigenvalue weighted by Crippen LogP contribution is 2.30. The van der Waals surface area contributed by atoms with Crippen LogP contribution < -0.4 is 10.2 Å².